The molecule has 0 atom stereocenters. The Hall–Kier alpha value is -1.40. The molecule has 1 aromatic carbocycles. The average molecular weight is 296 g/mol. The van der Waals surface area contributed by atoms with Crippen LogP contribution in [0, 0.1) is 5.92 Å². The van der Waals surface area contributed by atoms with Gasteiger partial charge in [-0.1, -0.05) is 31.7 Å². The number of carbonyl (C=O) groups excluding carboxylic acids is 1. The van der Waals surface area contributed by atoms with Crippen molar-refractivity contribution in [1.82, 2.24) is 0 Å². The van der Waals surface area contributed by atoms with Crippen LogP contribution in [0.15, 0.2) is 29.2 Å². The van der Waals surface area contributed by atoms with E-state index in [1.54, 1.807) is 12.1 Å². The first-order valence-corrected chi connectivity index (χ1v) is 8.45. The second-order valence-electron chi connectivity index (χ2n) is 5.25. The van der Waals surface area contributed by atoms with Crippen LogP contribution in [0.5, 0.6) is 0 Å². The molecule has 1 fully saturated rings. The minimum Gasteiger partial charge on any atom is -0.326 e. The number of anilines is 1. The molecule has 1 saturated carbocycles. The molecule has 0 heterocycles. The molecule has 1 amide bonds. The number of nitrogens with two attached hydrogens (primary N) is 1. The normalized spacial score (nSPS) is 17.4. The summed E-state index contributed by atoms with van der Waals surface area (Å²) in [5.41, 5.74) is 0.478. The molecule has 1 aromatic rings. The minimum atomic E-state index is -3.74. The molecule has 20 heavy (non-hydrogen) atoms. The second-order valence-corrected chi connectivity index (χ2v) is 6.81. The fraction of sp³-hybridized carbons (Fsp3) is 0.500. The molecular formula is C14H20N2O3S. The van der Waals surface area contributed by atoms with Crippen LogP contribution in [0.25, 0.3) is 0 Å². The summed E-state index contributed by atoms with van der Waals surface area (Å²) in [7, 11) is -3.74. The first-order chi connectivity index (χ1) is 9.47. The smallest absolute Gasteiger partial charge is 0.238 e. The van der Waals surface area contributed by atoms with E-state index in [9.17, 15) is 13.2 Å². The number of carbonyl (C=O) groups is 1. The quantitative estimate of drug-likeness (QED) is 0.838. The zero-order valence-electron chi connectivity index (χ0n) is 11.3. The molecule has 0 unspecified atom stereocenters. The van der Waals surface area contributed by atoms with Gasteiger partial charge in [-0.15, -0.1) is 0 Å². The maximum atomic E-state index is 12.2. The molecule has 2 rings (SSSR count). The van der Waals surface area contributed by atoms with Gasteiger partial charge in [0.05, 0.1) is 4.90 Å². The predicted octanol–water partition coefficient (Wildman–Crippen LogP) is 2.24. The van der Waals surface area contributed by atoms with Crippen molar-refractivity contribution in [3.8, 4) is 0 Å². The predicted molar refractivity (Wildman–Crippen MR) is 77.6 cm³/mol. The lowest BCUT2D eigenvalue weighted by Crippen LogP contribution is -2.22. The maximum Gasteiger partial charge on any atom is 0.238 e. The highest BCUT2D eigenvalue weighted by atomic mass is 32.2. The third-order valence-electron chi connectivity index (χ3n) is 3.66. The summed E-state index contributed by atoms with van der Waals surface area (Å²) >= 11 is 0. The Kier molecular flexibility index (Phi) is 4.77. The Morgan fingerprint density at radius 1 is 1.15 bits per heavy atom. The van der Waals surface area contributed by atoms with Crippen LogP contribution in [0.1, 0.15) is 38.5 Å². The number of hydrogen-bond acceptors (Lipinski definition) is 3. The van der Waals surface area contributed by atoms with Gasteiger partial charge in [-0.05, 0) is 31.0 Å². The summed E-state index contributed by atoms with van der Waals surface area (Å²) in [6.45, 7) is 0. The van der Waals surface area contributed by atoms with Gasteiger partial charge in [0.25, 0.3) is 0 Å². The monoisotopic (exact) mass is 296 g/mol. The van der Waals surface area contributed by atoms with Crippen LogP contribution < -0.4 is 10.5 Å². The van der Waals surface area contributed by atoms with Crippen molar-refractivity contribution in [2.24, 2.45) is 11.1 Å². The van der Waals surface area contributed by atoms with E-state index in [-0.39, 0.29) is 16.7 Å². The fourth-order valence-corrected chi connectivity index (χ4v) is 3.10. The van der Waals surface area contributed by atoms with Crippen LogP contribution in [0.3, 0.4) is 0 Å². The standard InChI is InChI=1S/C14H20N2O3S/c15-20(18,19)13-9-5-8-12(10-13)16-14(17)11-6-3-1-2-4-7-11/h5,8-11H,1-4,6-7H2,(H,16,17)(H2,15,18,19). The summed E-state index contributed by atoms with van der Waals surface area (Å²) in [5.74, 6) is -0.00545. The summed E-state index contributed by atoms with van der Waals surface area (Å²) in [6, 6.07) is 6.05. The van der Waals surface area contributed by atoms with Gasteiger partial charge in [0.15, 0.2) is 0 Å². The number of hydrogen-bond donors (Lipinski definition) is 2. The average Bonchev–Trinajstić information content (AvgIpc) is 2.67. The van der Waals surface area contributed by atoms with Gasteiger partial charge in [-0.25, -0.2) is 13.6 Å². The number of sulfonamides is 1. The molecular weight excluding hydrogens is 276 g/mol. The Balaban J connectivity index is 2.07. The molecule has 3 N–H and O–H groups in total. The number of primary sulfonamides is 1. The van der Waals surface area contributed by atoms with Crippen molar-refractivity contribution in [2.45, 2.75) is 43.4 Å². The molecule has 5 nitrogen and oxygen atoms in total. The van der Waals surface area contributed by atoms with Crippen LogP contribution in [-0.4, -0.2) is 14.3 Å². The highest BCUT2D eigenvalue weighted by Crippen LogP contribution is 2.24. The summed E-state index contributed by atoms with van der Waals surface area (Å²) in [6.07, 6.45) is 6.33. The van der Waals surface area contributed by atoms with Crippen molar-refractivity contribution in [3.05, 3.63) is 24.3 Å². The van der Waals surface area contributed by atoms with Crippen molar-refractivity contribution in [3.63, 3.8) is 0 Å². The lowest BCUT2D eigenvalue weighted by Gasteiger charge is -2.14. The molecule has 1 aliphatic carbocycles. The van der Waals surface area contributed by atoms with Crippen LogP contribution in [0.4, 0.5) is 5.69 Å². The van der Waals surface area contributed by atoms with E-state index in [1.807, 2.05) is 0 Å². The highest BCUT2D eigenvalue weighted by Gasteiger charge is 2.20. The van der Waals surface area contributed by atoms with Gasteiger partial charge in [0.2, 0.25) is 15.9 Å². The van der Waals surface area contributed by atoms with Crippen molar-refractivity contribution >= 4 is 21.6 Å². The first-order valence-electron chi connectivity index (χ1n) is 6.90. The Morgan fingerprint density at radius 3 is 2.40 bits per heavy atom. The summed E-state index contributed by atoms with van der Waals surface area (Å²) < 4.78 is 22.6. The maximum absolute atomic E-state index is 12.2. The number of nitrogens with one attached hydrogen (secondary N) is 1. The molecule has 0 spiro atoms. The van der Waals surface area contributed by atoms with Gasteiger partial charge in [-0.2, -0.15) is 0 Å². The molecule has 0 aromatic heterocycles. The SMILES string of the molecule is NS(=O)(=O)c1cccc(NC(=O)C2CCCCCC2)c1. The lowest BCUT2D eigenvalue weighted by molar-refractivity contribution is -0.120. The highest BCUT2D eigenvalue weighted by molar-refractivity contribution is 7.89. The first kappa shape index (κ1) is 15.0. The summed E-state index contributed by atoms with van der Waals surface area (Å²) in [4.78, 5) is 12.2. The van der Waals surface area contributed by atoms with Crippen LogP contribution in [-0.2, 0) is 14.8 Å². The van der Waals surface area contributed by atoms with E-state index >= 15 is 0 Å². The van der Waals surface area contributed by atoms with Crippen LogP contribution in [0.2, 0.25) is 0 Å². The fourth-order valence-electron chi connectivity index (χ4n) is 2.54. The molecule has 0 bridgehead atoms. The third kappa shape index (κ3) is 4.05. The molecule has 6 heteroatoms. The number of amides is 1. The van der Waals surface area contributed by atoms with E-state index in [0.29, 0.717) is 5.69 Å². The molecule has 0 aliphatic heterocycles. The largest absolute Gasteiger partial charge is 0.326 e. The molecule has 1 aliphatic rings. The van der Waals surface area contributed by atoms with E-state index < -0.39 is 10.0 Å². The van der Waals surface area contributed by atoms with Gasteiger partial charge in [-0.3, -0.25) is 4.79 Å². The molecule has 0 radical (unpaired) electrons. The minimum absolute atomic E-state index is 0.0103. The topological polar surface area (TPSA) is 89.3 Å². The van der Waals surface area contributed by atoms with E-state index in [2.05, 4.69) is 5.32 Å². The Labute approximate surface area is 119 Å². The second kappa shape index (κ2) is 6.37. The van der Waals surface area contributed by atoms with E-state index in [4.69, 9.17) is 5.14 Å². The van der Waals surface area contributed by atoms with E-state index in [0.717, 1.165) is 25.7 Å². The molecule has 110 valence electrons. The Morgan fingerprint density at radius 2 is 1.80 bits per heavy atom. The van der Waals surface area contributed by atoms with Crippen LogP contribution >= 0.6 is 0 Å². The van der Waals surface area contributed by atoms with Gasteiger partial charge in [0, 0.05) is 11.6 Å². The lowest BCUT2D eigenvalue weighted by atomic mass is 9.99. The summed E-state index contributed by atoms with van der Waals surface area (Å²) in [5, 5.41) is 7.87. The number of rotatable bonds is 3. The van der Waals surface area contributed by atoms with E-state index in [1.165, 1.54) is 25.0 Å². The third-order valence-corrected chi connectivity index (χ3v) is 4.57. The zero-order valence-corrected chi connectivity index (χ0v) is 12.2. The van der Waals surface area contributed by atoms with Crippen molar-refractivity contribution in [2.75, 3.05) is 5.32 Å². The Bertz CT molecular complexity index is 576. The van der Waals surface area contributed by atoms with Crippen molar-refractivity contribution < 1.29 is 13.2 Å². The molecule has 0 saturated heterocycles. The van der Waals surface area contributed by atoms with Gasteiger partial charge < -0.3 is 5.32 Å². The number of benzene rings is 1. The van der Waals surface area contributed by atoms with Crippen molar-refractivity contribution in [1.29, 1.82) is 0 Å². The van der Waals surface area contributed by atoms with Gasteiger partial charge >= 0.3 is 0 Å². The van der Waals surface area contributed by atoms with Gasteiger partial charge in [0.1, 0.15) is 0 Å². The zero-order chi connectivity index (χ0) is 14.6.